The first kappa shape index (κ1) is 11.2. The van der Waals surface area contributed by atoms with Crippen molar-refractivity contribution in [3.63, 3.8) is 0 Å². The maximum Gasteiger partial charge on any atom is 0.303 e. The summed E-state index contributed by atoms with van der Waals surface area (Å²) in [6.07, 6.45) is 0.0288. The third-order valence-corrected chi connectivity index (χ3v) is 0.465. The van der Waals surface area contributed by atoms with Crippen LogP contribution in [0, 0.1) is 10.1 Å². The Kier molecular flexibility index (Phi) is 6.91. The van der Waals surface area contributed by atoms with Crippen LogP contribution in [0.1, 0.15) is 13.3 Å². The molecule has 0 aliphatic heterocycles. The Labute approximate surface area is 62.2 Å². The van der Waals surface area contributed by atoms with Gasteiger partial charge in [-0.25, -0.2) is 4.84 Å². The van der Waals surface area contributed by atoms with E-state index in [0.29, 0.717) is 0 Å². The summed E-state index contributed by atoms with van der Waals surface area (Å²) < 4.78 is 0. The summed E-state index contributed by atoms with van der Waals surface area (Å²) in [6, 6.07) is 0. The Morgan fingerprint density at radius 2 is 2.22 bits per heavy atom. The lowest BCUT2D eigenvalue weighted by molar-refractivity contribution is -0.729. The highest BCUT2D eigenvalue weighted by Crippen LogP contribution is 1.81. The molecule has 0 bridgehead atoms. The molecule has 0 saturated heterocycles. The van der Waals surface area contributed by atoms with Crippen molar-refractivity contribution in [1.82, 2.24) is 0 Å². The number of hydrogen-bond acceptors (Lipinski definition) is 4. The van der Waals surface area contributed by atoms with Gasteiger partial charge in [0.2, 0.25) is 0 Å². The van der Waals surface area contributed by atoms with Crippen LogP contribution in [0.2, 0.25) is 0 Å². The molecular formula is C3H8AlNO4. The zero-order valence-corrected chi connectivity index (χ0v) is 4.29. The van der Waals surface area contributed by atoms with Crippen molar-refractivity contribution in [2.45, 2.75) is 13.3 Å². The fraction of sp³-hybridized carbons (Fsp3) is 0.667. The number of rotatable bonds is 2. The molecule has 0 spiro atoms. The van der Waals surface area contributed by atoms with E-state index in [1.54, 1.807) is 0 Å². The van der Waals surface area contributed by atoms with Crippen molar-refractivity contribution in [2.24, 2.45) is 0 Å². The molecule has 0 aromatic rings. The van der Waals surface area contributed by atoms with E-state index in [1.807, 2.05) is 0 Å². The summed E-state index contributed by atoms with van der Waals surface area (Å²) in [6.45, 7) is 1.48. The molecule has 0 N–H and O–H groups in total. The summed E-state index contributed by atoms with van der Waals surface area (Å²) in [4.78, 5) is 22.8. The van der Waals surface area contributed by atoms with Gasteiger partial charge in [-0.05, 0) is 0 Å². The first-order chi connectivity index (χ1) is 3.66. The van der Waals surface area contributed by atoms with Gasteiger partial charge in [-0.15, -0.1) is 10.1 Å². The number of nitrogens with zero attached hydrogens (tertiary/aromatic N) is 1. The van der Waals surface area contributed by atoms with Crippen LogP contribution >= 0.6 is 0 Å². The van der Waals surface area contributed by atoms with Crippen LogP contribution in [-0.2, 0) is 9.63 Å². The van der Waals surface area contributed by atoms with Crippen LogP contribution in [0.15, 0.2) is 0 Å². The summed E-state index contributed by atoms with van der Waals surface area (Å²) in [5.41, 5.74) is 0. The minimum Gasteiger partial charge on any atom is -0.268 e. The molecule has 52 valence electrons. The molecule has 0 atom stereocenters. The van der Waals surface area contributed by atoms with Crippen LogP contribution in [0.4, 0.5) is 0 Å². The van der Waals surface area contributed by atoms with Crippen molar-refractivity contribution in [2.75, 3.05) is 0 Å². The summed E-state index contributed by atoms with van der Waals surface area (Å²) in [5.74, 6) is -0.824. The molecule has 0 radical (unpaired) electrons. The van der Waals surface area contributed by atoms with Gasteiger partial charge in [0.25, 0.3) is 0 Å². The Morgan fingerprint density at radius 3 is 2.33 bits per heavy atom. The van der Waals surface area contributed by atoms with Crippen molar-refractivity contribution in [3.05, 3.63) is 10.1 Å². The minimum absolute atomic E-state index is 0. The lowest BCUT2D eigenvalue weighted by atomic mass is 10.5. The quantitative estimate of drug-likeness (QED) is 0.285. The van der Waals surface area contributed by atoms with Gasteiger partial charge in [0, 0.05) is 6.42 Å². The first-order valence-electron chi connectivity index (χ1n) is 2.02. The first-order valence-corrected chi connectivity index (χ1v) is 2.02. The van der Waals surface area contributed by atoms with Gasteiger partial charge < -0.3 is 0 Å². The van der Waals surface area contributed by atoms with E-state index >= 15 is 0 Å². The van der Waals surface area contributed by atoms with Gasteiger partial charge in [0.1, 0.15) is 0 Å². The van der Waals surface area contributed by atoms with Crippen molar-refractivity contribution in [1.29, 1.82) is 0 Å². The second-order valence-corrected chi connectivity index (χ2v) is 1.04. The topological polar surface area (TPSA) is 69.4 Å². The molecule has 0 aliphatic rings. The van der Waals surface area contributed by atoms with Gasteiger partial charge in [0.15, 0.2) is 17.4 Å². The van der Waals surface area contributed by atoms with Gasteiger partial charge in [-0.3, -0.25) is 4.79 Å². The molecule has 0 aliphatic carbocycles. The molecule has 0 amide bonds. The Bertz CT molecular complexity index is 114. The molecule has 0 fully saturated rings. The molecule has 6 heteroatoms. The van der Waals surface area contributed by atoms with E-state index < -0.39 is 11.1 Å². The van der Waals surface area contributed by atoms with E-state index in [0.717, 1.165) is 0 Å². The third kappa shape index (κ3) is 7.40. The standard InChI is InChI=1S/C3H5NO4.Al.3H/c1-2-3(5)8-4(6)7;;;;/h2H2,1H3;;;;. The lowest BCUT2D eigenvalue weighted by Gasteiger charge is -1.87. The maximum absolute atomic E-state index is 9.96. The van der Waals surface area contributed by atoms with E-state index in [9.17, 15) is 14.9 Å². The predicted molar refractivity (Wildman–Crippen MR) is 33.3 cm³/mol. The molecule has 0 unspecified atom stereocenters. The zero-order chi connectivity index (χ0) is 6.57. The van der Waals surface area contributed by atoms with Crippen molar-refractivity contribution >= 4 is 23.3 Å². The Morgan fingerprint density at radius 1 is 1.78 bits per heavy atom. The van der Waals surface area contributed by atoms with Gasteiger partial charge in [0.05, 0.1) is 0 Å². The molecule has 9 heavy (non-hydrogen) atoms. The van der Waals surface area contributed by atoms with Gasteiger partial charge in [-0.1, -0.05) is 6.92 Å². The molecule has 0 aromatic heterocycles. The maximum atomic E-state index is 9.96. The molecule has 0 heterocycles. The highest BCUT2D eigenvalue weighted by molar-refractivity contribution is 5.75. The van der Waals surface area contributed by atoms with Crippen molar-refractivity contribution < 1.29 is 14.7 Å². The van der Waals surface area contributed by atoms with E-state index in [4.69, 9.17) is 0 Å². The molecule has 5 nitrogen and oxygen atoms in total. The highest BCUT2D eigenvalue weighted by Gasteiger charge is 2.01. The van der Waals surface area contributed by atoms with Crippen LogP contribution in [0.5, 0.6) is 0 Å². The predicted octanol–water partition coefficient (Wildman–Crippen LogP) is -1.05. The zero-order valence-electron chi connectivity index (χ0n) is 4.29. The number of carbonyl (C=O) groups excluding carboxylic acids is 1. The SMILES string of the molecule is CCC(=O)O[N+](=O)[O-].[AlH3]. The van der Waals surface area contributed by atoms with Crippen LogP contribution in [-0.4, -0.2) is 28.4 Å². The monoisotopic (exact) mass is 149 g/mol. The minimum atomic E-state index is -1.12. The average Bonchev–Trinajstić information content (AvgIpc) is 1.65. The molecule has 0 rings (SSSR count). The van der Waals surface area contributed by atoms with Gasteiger partial charge >= 0.3 is 11.1 Å². The van der Waals surface area contributed by atoms with Crippen LogP contribution in [0.3, 0.4) is 0 Å². The van der Waals surface area contributed by atoms with Gasteiger partial charge in [-0.2, -0.15) is 0 Å². The molecule has 0 saturated carbocycles. The summed E-state index contributed by atoms with van der Waals surface area (Å²) in [7, 11) is 0. The second-order valence-electron chi connectivity index (χ2n) is 1.04. The fourth-order valence-electron chi connectivity index (χ4n) is 0.148. The summed E-state index contributed by atoms with van der Waals surface area (Å²) in [5, 5.41) is 8.21. The van der Waals surface area contributed by atoms with E-state index in [-0.39, 0.29) is 23.8 Å². The smallest absolute Gasteiger partial charge is 0.268 e. The average molecular weight is 149 g/mol. The van der Waals surface area contributed by atoms with E-state index in [1.165, 1.54) is 6.92 Å². The van der Waals surface area contributed by atoms with Crippen LogP contribution in [0.25, 0.3) is 0 Å². The second kappa shape index (κ2) is 5.54. The lowest BCUT2D eigenvalue weighted by Crippen LogP contribution is -2.07. The number of hydrogen-bond donors (Lipinski definition) is 0. The Balaban J connectivity index is 0. The fourth-order valence-corrected chi connectivity index (χ4v) is 0.148. The largest absolute Gasteiger partial charge is 0.303 e. The van der Waals surface area contributed by atoms with Crippen LogP contribution < -0.4 is 0 Å². The highest BCUT2D eigenvalue weighted by atomic mass is 27.0. The molecule has 0 aromatic carbocycles. The molecular weight excluding hydrogens is 141 g/mol. The van der Waals surface area contributed by atoms with Crippen molar-refractivity contribution in [3.8, 4) is 0 Å². The third-order valence-electron chi connectivity index (χ3n) is 0.465. The van der Waals surface area contributed by atoms with E-state index in [2.05, 4.69) is 4.84 Å². The Hall–Kier alpha value is -0.598. The number of carbonyl (C=O) groups is 1. The summed E-state index contributed by atoms with van der Waals surface area (Å²) >= 11 is 0. The normalized spacial score (nSPS) is 7.22.